The minimum atomic E-state index is -1.05. The summed E-state index contributed by atoms with van der Waals surface area (Å²) in [5.41, 5.74) is 1.68. The molecule has 0 saturated heterocycles. The molecule has 0 aliphatic heterocycles. The van der Waals surface area contributed by atoms with Crippen LogP contribution in [0.3, 0.4) is 0 Å². The van der Waals surface area contributed by atoms with Crippen molar-refractivity contribution in [3.8, 4) is 0 Å². The van der Waals surface area contributed by atoms with E-state index in [1.807, 2.05) is 13.0 Å². The fourth-order valence-electron chi connectivity index (χ4n) is 2.10. The Morgan fingerprint density at radius 1 is 1.09 bits per heavy atom. The minimum absolute atomic E-state index is 0.127. The number of rotatable bonds is 4. The molecule has 0 saturated carbocycles. The van der Waals surface area contributed by atoms with Gasteiger partial charge in [0, 0.05) is 24.4 Å². The van der Waals surface area contributed by atoms with Crippen molar-refractivity contribution >= 4 is 23.2 Å². The average molecular weight is 318 g/mol. The number of anilines is 2. The summed E-state index contributed by atoms with van der Waals surface area (Å²) in [4.78, 5) is 25.1. The topological polar surface area (TPSA) is 49.4 Å². The Balaban J connectivity index is 2.12. The molecule has 0 fully saturated rings. The van der Waals surface area contributed by atoms with Crippen LogP contribution in [-0.4, -0.2) is 18.4 Å². The zero-order chi connectivity index (χ0) is 17.0. The molecule has 0 aliphatic carbocycles. The molecule has 0 aromatic heterocycles. The van der Waals surface area contributed by atoms with Gasteiger partial charge >= 0.3 is 0 Å². The second-order valence-corrected chi connectivity index (χ2v) is 5.12. The number of carbonyl (C=O) groups excluding carboxylic acids is 2. The summed E-state index contributed by atoms with van der Waals surface area (Å²) in [7, 11) is 0. The Hall–Kier alpha value is -2.76. The molecule has 0 bridgehead atoms. The highest BCUT2D eigenvalue weighted by atomic mass is 19.2. The van der Waals surface area contributed by atoms with Crippen molar-refractivity contribution in [2.45, 2.75) is 13.8 Å². The highest BCUT2D eigenvalue weighted by Crippen LogP contribution is 2.17. The molecule has 2 amide bonds. The van der Waals surface area contributed by atoms with E-state index in [1.54, 1.807) is 18.2 Å². The highest BCUT2D eigenvalue weighted by molar-refractivity contribution is 6.01. The average Bonchev–Trinajstić information content (AvgIpc) is 2.48. The zero-order valence-electron chi connectivity index (χ0n) is 12.8. The summed E-state index contributed by atoms with van der Waals surface area (Å²) in [6.07, 6.45) is 0. The first kappa shape index (κ1) is 16.6. The first-order valence-electron chi connectivity index (χ1n) is 6.96. The third kappa shape index (κ3) is 4.35. The van der Waals surface area contributed by atoms with E-state index < -0.39 is 17.5 Å². The third-order valence-electron chi connectivity index (χ3n) is 3.20. The number of halogens is 2. The fourth-order valence-corrected chi connectivity index (χ4v) is 2.10. The van der Waals surface area contributed by atoms with E-state index in [4.69, 9.17) is 0 Å². The van der Waals surface area contributed by atoms with E-state index in [2.05, 4.69) is 5.32 Å². The largest absolute Gasteiger partial charge is 0.324 e. The quantitative estimate of drug-likeness (QED) is 0.940. The molecule has 0 heterocycles. The van der Waals surface area contributed by atoms with Gasteiger partial charge in [-0.05, 0) is 36.8 Å². The molecule has 2 aromatic rings. The molecule has 1 N–H and O–H groups in total. The van der Waals surface area contributed by atoms with Crippen molar-refractivity contribution in [3.63, 3.8) is 0 Å². The summed E-state index contributed by atoms with van der Waals surface area (Å²) in [5, 5.41) is 2.44. The van der Waals surface area contributed by atoms with Gasteiger partial charge in [0.25, 0.3) is 0 Å². The van der Waals surface area contributed by atoms with E-state index in [0.717, 1.165) is 17.7 Å². The van der Waals surface area contributed by atoms with Gasteiger partial charge in [0.1, 0.15) is 6.54 Å². The Labute approximate surface area is 132 Å². The van der Waals surface area contributed by atoms with Crippen LogP contribution in [0, 0.1) is 18.6 Å². The maximum Gasteiger partial charge on any atom is 0.244 e. The van der Waals surface area contributed by atoms with Crippen LogP contribution in [0.4, 0.5) is 20.2 Å². The first-order valence-corrected chi connectivity index (χ1v) is 6.96. The predicted octanol–water partition coefficient (Wildman–Crippen LogP) is 3.26. The van der Waals surface area contributed by atoms with Gasteiger partial charge in [-0.3, -0.25) is 9.59 Å². The lowest BCUT2D eigenvalue weighted by Crippen LogP contribution is -2.36. The third-order valence-corrected chi connectivity index (χ3v) is 3.20. The van der Waals surface area contributed by atoms with Crippen LogP contribution in [0.25, 0.3) is 0 Å². The lowest BCUT2D eigenvalue weighted by Gasteiger charge is -2.21. The number of hydrogen-bond acceptors (Lipinski definition) is 2. The summed E-state index contributed by atoms with van der Waals surface area (Å²) in [6, 6.07) is 10.2. The van der Waals surface area contributed by atoms with Crippen molar-refractivity contribution in [3.05, 3.63) is 59.7 Å². The van der Waals surface area contributed by atoms with Gasteiger partial charge in [0.15, 0.2) is 11.6 Å². The molecule has 120 valence electrons. The number of nitrogens with one attached hydrogen (secondary N) is 1. The van der Waals surface area contributed by atoms with Gasteiger partial charge in [-0.15, -0.1) is 0 Å². The number of hydrogen-bond donors (Lipinski definition) is 1. The standard InChI is InChI=1S/C17H16F2N2O2/c1-11-4-3-5-14(8-11)21(12(2)22)10-17(23)20-13-6-7-15(18)16(19)9-13/h3-9H,10H2,1-2H3,(H,20,23). The smallest absolute Gasteiger partial charge is 0.244 e. The SMILES string of the molecule is CC(=O)N(CC(=O)Nc1ccc(F)c(F)c1)c1cccc(C)c1. The van der Waals surface area contributed by atoms with Crippen LogP contribution in [-0.2, 0) is 9.59 Å². The zero-order valence-corrected chi connectivity index (χ0v) is 12.8. The van der Waals surface area contributed by atoms with E-state index in [0.29, 0.717) is 5.69 Å². The second-order valence-electron chi connectivity index (χ2n) is 5.12. The number of benzene rings is 2. The lowest BCUT2D eigenvalue weighted by atomic mass is 10.2. The molecule has 4 nitrogen and oxygen atoms in total. The van der Waals surface area contributed by atoms with Crippen LogP contribution in [0.1, 0.15) is 12.5 Å². The molecule has 0 radical (unpaired) electrons. The van der Waals surface area contributed by atoms with Crippen LogP contribution < -0.4 is 10.2 Å². The maximum atomic E-state index is 13.1. The van der Waals surface area contributed by atoms with Gasteiger partial charge in [-0.25, -0.2) is 8.78 Å². The van der Waals surface area contributed by atoms with Crippen molar-refractivity contribution < 1.29 is 18.4 Å². The first-order chi connectivity index (χ1) is 10.9. The molecule has 0 aliphatic rings. The lowest BCUT2D eigenvalue weighted by molar-refractivity contribution is -0.120. The van der Waals surface area contributed by atoms with Gasteiger partial charge in [-0.1, -0.05) is 12.1 Å². The Kier molecular flexibility index (Phi) is 5.05. The van der Waals surface area contributed by atoms with Gasteiger partial charge in [0.2, 0.25) is 11.8 Å². The summed E-state index contributed by atoms with van der Waals surface area (Å²) < 4.78 is 26.0. The predicted molar refractivity (Wildman–Crippen MR) is 84.2 cm³/mol. The Morgan fingerprint density at radius 2 is 1.83 bits per heavy atom. The Bertz CT molecular complexity index is 747. The molecule has 2 aromatic carbocycles. The van der Waals surface area contributed by atoms with Gasteiger partial charge in [0.05, 0.1) is 0 Å². The minimum Gasteiger partial charge on any atom is -0.324 e. The summed E-state index contributed by atoms with van der Waals surface area (Å²) in [6.45, 7) is 3.01. The van der Waals surface area contributed by atoms with Crippen LogP contribution >= 0.6 is 0 Å². The second kappa shape index (κ2) is 7.00. The highest BCUT2D eigenvalue weighted by Gasteiger charge is 2.16. The maximum absolute atomic E-state index is 13.1. The van der Waals surface area contributed by atoms with E-state index in [9.17, 15) is 18.4 Å². The van der Waals surface area contributed by atoms with Crippen LogP contribution in [0.5, 0.6) is 0 Å². The van der Waals surface area contributed by atoms with Crippen molar-refractivity contribution in [2.24, 2.45) is 0 Å². The molecule has 0 spiro atoms. The van der Waals surface area contributed by atoms with Gasteiger partial charge < -0.3 is 10.2 Å². The number of carbonyl (C=O) groups is 2. The fraction of sp³-hybridized carbons (Fsp3) is 0.176. The number of amides is 2. The molecular weight excluding hydrogens is 302 g/mol. The van der Waals surface area contributed by atoms with E-state index >= 15 is 0 Å². The van der Waals surface area contributed by atoms with Crippen molar-refractivity contribution in [2.75, 3.05) is 16.8 Å². The molecule has 0 atom stereocenters. The summed E-state index contributed by atoms with van der Waals surface area (Å²) >= 11 is 0. The molecule has 6 heteroatoms. The normalized spacial score (nSPS) is 10.3. The molecular formula is C17H16F2N2O2. The van der Waals surface area contributed by atoms with Crippen molar-refractivity contribution in [1.29, 1.82) is 0 Å². The van der Waals surface area contributed by atoms with Gasteiger partial charge in [-0.2, -0.15) is 0 Å². The molecule has 0 unspecified atom stereocenters. The molecule has 23 heavy (non-hydrogen) atoms. The number of aryl methyl sites for hydroxylation is 1. The van der Waals surface area contributed by atoms with Crippen LogP contribution in [0.2, 0.25) is 0 Å². The summed E-state index contributed by atoms with van der Waals surface area (Å²) in [5.74, 6) is -2.85. The van der Waals surface area contributed by atoms with Crippen LogP contribution in [0.15, 0.2) is 42.5 Å². The Morgan fingerprint density at radius 3 is 2.43 bits per heavy atom. The van der Waals surface area contributed by atoms with Crippen molar-refractivity contribution in [1.82, 2.24) is 0 Å². The monoisotopic (exact) mass is 318 g/mol. The number of nitrogens with zero attached hydrogens (tertiary/aromatic N) is 1. The molecule has 2 rings (SSSR count). The van der Waals surface area contributed by atoms with E-state index in [-0.39, 0.29) is 18.1 Å². The van der Waals surface area contributed by atoms with E-state index in [1.165, 1.54) is 17.9 Å².